The van der Waals surface area contributed by atoms with Crippen LogP contribution in [0.15, 0.2) is 24.3 Å². The van der Waals surface area contributed by atoms with Gasteiger partial charge in [-0.15, -0.1) is 0 Å². The van der Waals surface area contributed by atoms with E-state index in [0.717, 1.165) is 37.5 Å². The maximum atomic E-state index is 13.2. The van der Waals surface area contributed by atoms with Crippen molar-refractivity contribution in [2.24, 2.45) is 0 Å². The monoisotopic (exact) mass is 332 g/mol. The molecule has 0 spiro atoms. The molecule has 0 fully saturated rings. The summed E-state index contributed by atoms with van der Waals surface area (Å²) in [6.07, 6.45) is 1.31. The Balaban J connectivity index is 1.64. The molecule has 0 saturated heterocycles. The van der Waals surface area contributed by atoms with Crippen LogP contribution in [0.5, 0.6) is 0 Å². The number of amides is 1. The number of fused-ring (bicyclic) bond motifs is 1. The van der Waals surface area contributed by atoms with Gasteiger partial charge >= 0.3 is 0 Å². The first-order valence-electron chi connectivity index (χ1n) is 8.23. The summed E-state index contributed by atoms with van der Waals surface area (Å²) in [6.45, 7) is 2.80. The van der Waals surface area contributed by atoms with Gasteiger partial charge in [0.15, 0.2) is 5.82 Å². The van der Waals surface area contributed by atoms with E-state index in [9.17, 15) is 14.3 Å². The average Bonchev–Trinajstić information content (AvgIpc) is 2.99. The Kier molecular flexibility index (Phi) is 4.89. The van der Waals surface area contributed by atoms with Crippen LogP contribution in [0.25, 0.3) is 0 Å². The minimum atomic E-state index is -1.03. The second-order valence-electron chi connectivity index (χ2n) is 6.00. The number of nitrogens with one attached hydrogen (secondary N) is 1. The third kappa shape index (κ3) is 3.62. The molecular formula is C17H21FN4O2. The molecule has 7 heteroatoms. The van der Waals surface area contributed by atoms with Crippen molar-refractivity contribution in [2.75, 3.05) is 0 Å². The first kappa shape index (κ1) is 16.6. The Morgan fingerprint density at radius 2 is 2.38 bits per heavy atom. The van der Waals surface area contributed by atoms with Crippen molar-refractivity contribution in [1.29, 1.82) is 0 Å². The molecule has 128 valence electrons. The second-order valence-corrected chi connectivity index (χ2v) is 6.00. The van der Waals surface area contributed by atoms with Crippen molar-refractivity contribution in [1.82, 2.24) is 20.1 Å². The number of carbonyl (C=O) groups is 1. The van der Waals surface area contributed by atoms with Gasteiger partial charge in [-0.05, 0) is 30.5 Å². The molecule has 24 heavy (non-hydrogen) atoms. The van der Waals surface area contributed by atoms with Gasteiger partial charge < -0.3 is 10.4 Å². The van der Waals surface area contributed by atoms with E-state index in [1.807, 2.05) is 11.6 Å². The van der Waals surface area contributed by atoms with E-state index in [-0.39, 0.29) is 18.4 Å². The lowest BCUT2D eigenvalue weighted by Gasteiger charge is -2.23. The molecule has 1 aromatic carbocycles. The molecule has 1 amide bonds. The van der Waals surface area contributed by atoms with E-state index >= 15 is 0 Å². The molecule has 1 aliphatic heterocycles. The molecule has 2 heterocycles. The van der Waals surface area contributed by atoms with Crippen molar-refractivity contribution in [3.63, 3.8) is 0 Å². The van der Waals surface area contributed by atoms with E-state index in [4.69, 9.17) is 0 Å². The summed E-state index contributed by atoms with van der Waals surface area (Å²) in [4.78, 5) is 16.7. The smallest absolute Gasteiger partial charge is 0.223 e. The molecule has 0 bridgehead atoms. The Labute approximate surface area is 139 Å². The van der Waals surface area contributed by atoms with Crippen LogP contribution in [0, 0.1) is 5.82 Å². The fourth-order valence-corrected chi connectivity index (χ4v) is 2.95. The zero-order valence-corrected chi connectivity index (χ0v) is 13.6. The SMILES string of the molecule is CCc1nc2n(n1)CCCC2NC(=O)CC(O)c1cccc(F)c1. The molecule has 0 aliphatic carbocycles. The topological polar surface area (TPSA) is 80.0 Å². The Hall–Kier alpha value is -2.28. The summed E-state index contributed by atoms with van der Waals surface area (Å²) in [7, 11) is 0. The highest BCUT2D eigenvalue weighted by Crippen LogP contribution is 2.24. The standard InChI is InChI=1S/C17H21FN4O2/c1-2-15-20-17-13(7-4-8-22(17)21-15)19-16(24)10-14(23)11-5-3-6-12(18)9-11/h3,5-6,9,13-14,23H,2,4,7-8,10H2,1H3,(H,19,24). The lowest BCUT2D eigenvalue weighted by atomic mass is 10.0. The quantitative estimate of drug-likeness (QED) is 0.878. The summed E-state index contributed by atoms with van der Waals surface area (Å²) >= 11 is 0. The Bertz CT molecular complexity index is 731. The first-order chi connectivity index (χ1) is 11.6. The van der Waals surface area contributed by atoms with Gasteiger partial charge in [-0.2, -0.15) is 5.10 Å². The van der Waals surface area contributed by atoms with Crippen LogP contribution in [0.4, 0.5) is 4.39 Å². The predicted molar refractivity (Wildman–Crippen MR) is 85.5 cm³/mol. The van der Waals surface area contributed by atoms with Gasteiger partial charge in [0.05, 0.1) is 18.6 Å². The zero-order chi connectivity index (χ0) is 17.1. The highest BCUT2D eigenvalue weighted by Gasteiger charge is 2.26. The number of rotatable bonds is 5. The maximum Gasteiger partial charge on any atom is 0.223 e. The second kappa shape index (κ2) is 7.09. The lowest BCUT2D eigenvalue weighted by Crippen LogP contribution is -2.34. The predicted octanol–water partition coefficient (Wildman–Crippen LogP) is 2.05. The van der Waals surface area contributed by atoms with E-state index in [1.165, 1.54) is 18.2 Å². The van der Waals surface area contributed by atoms with E-state index in [0.29, 0.717) is 5.56 Å². The third-order valence-corrected chi connectivity index (χ3v) is 4.18. The van der Waals surface area contributed by atoms with Crippen molar-refractivity contribution in [3.8, 4) is 0 Å². The Morgan fingerprint density at radius 1 is 1.54 bits per heavy atom. The molecule has 1 aliphatic rings. The number of hydrogen-bond donors (Lipinski definition) is 2. The van der Waals surface area contributed by atoms with Crippen LogP contribution in [0.2, 0.25) is 0 Å². The first-order valence-corrected chi connectivity index (χ1v) is 8.23. The normalized spacial score (nSPS) is 18.0. The van der Waals surface area contributed by atoms with E-state index in [2.05, 4.69) is 15.4 Å². The summed E-state index contributed by atoms with van der Waals surface area (Å²) in [6, 6.07) is 5.46. The number of halogens is 1. The van der Waals surface area contributed by atoms with Crippen LogP contribution in [0.1, 0.15) is 55.5 Å². The third-order valence-electron chi connectivity index (χ3n) is 4.18. The van der Waals surface area contributed by atoms with Gasteiger partial charge in [0.25, 0.3) is 0 Å². The lowest BCUT2D eigenvalue weighted by molar-refractivity contribution is -0.124. The number of aromatic nitrogens is 3. The van der Waals surface area contributed by atoms with Gasteiger partial charge in [0.2, 0.25) is 5.91 Å². The van der Waals surface area contributed by atoms with E-state index < -0.39 is 11.9 Å². The van der Waals surface area contributed by atoms with Gasteiger partial charge in [0.1, 0.15) is 11.6 Å². The highest BCUT2D eigenvalue weighted by molar-refractivity contribution is 5.77. The van der Waals surface area contributed by atoms with Crippen molar-refractivity contribution < 1.29 is 14.3 Å². The maximum absolute atomic E-state index is 13.2. The fraction of sp³-hybridized carbons (Fsp3) is 0.471. The zero-order valence-electron chi connectivity index (χ0n) is 13.6. The average molecular weight is 332 g/mol. The van der Waals surface area contributed by atoms with Gasteiger partial charge in [-0.3, -0.25) is 4.79 Å². The van der Waals surface area contributed by atoms with Crippen molar-refractivity contribution in [2.45, 2.75) is 51.3 Å². The summed E-state index contributed by atoms with van der Waals surface area (Å²) in [5.74, 6) is 0.823. The molecule has 2 unspecified atom stereocenters. The molecule has 2 atom stereocenters. The van der Waals surface area contributed by atoms with Crippen molar-refractivity contribution in [3.05, 3.63) is 47.3 Å². The summed E-state index contributed by atoms with van der Waals surface area (Å²) in [5, 5.41) is 17.4. The summed E-state index contributed by atoms with van der Waals surface area (Å²) < 4.78 is 15.1. The molecule has 2 N–H and O–H groups in total. The number of aliphatic hydroxyl groups is 1. The Morgan fingerprint density at radius 3 is 3.12 bits per heavy atom. The van der Waals surface area contributed by atoms with Crippen LogP contribution in [0.3, 0.4) is 0 Å². The number of aryl methyl sites for hydroxylation is 2. The molecule has 0 saturated carbocycles. The fourth-order valence-electron chi connectivity index (χ4n) is 2.95. The number of benzene rings is 1. The molecule has 3 rings (SSSR count). The van der Waals surface area contributed by atoms with Crippen LogP contribution in [-0.4, -0.2) is 25.8 Å². The van der Waals surface area contributed by atoms with Gasteiger partial charge in [0, 0.05) is 13.0 Å². The molecule has 2 aromatic rings. The largest absolute Gasteiger partial charge is 0.388 e. The van der Waals surface area contributed by atoms with Gasteiger partial charge in [-0.1, -0.05) is 19.1 Å². The minimum absolute atomic E-state index is 0.116. The van der Waals surface area contributed by atoms with Crippen molar-refractivity contribution >= 4 is 5.91 Å². The van der Waals surface area contributed by atoms with Crippen LogP contribution >= 0.6 is 0 Å². The number of carbonyl (C=O) groups excluding carboxylic acids is 1. The van der Waals surface area contributed by atoms with Crippen LogP contribution < -0.4 is 5.32 Å². The molecular weight excluding hydrogens is 311 g/mol. The number of hydrogen-bond acceptors (Lipinski definition) is 4. The molecule has 1 aromatic heterocycles. The summed E-state index contributed by atoms with van der Waals surface area (Å²) in [5.41, 5.74) is 0.394. The van der Waals surface area contributed by atoms with E-state index in [1.54, 1.807) is 6.07 Å². The molecule has 6 nitrogen and oxygen atoms in total. The van der Waals surface area contributed by atoms with Gasteiger partial charge in [-0.25, -0.2) is 14.1 Å². The highest BCUT2D eigenvalue weighted by atomic mass is 19.1. The van der Waals surface area contributed by atoms with Crippen LogP contribution in [-0.2, 0) is 17.8 Å². The molecule has 0 radical (unpaired) electrons. The number of aliphatic hydroxyl groups excluding tert-OH is 1. The number of nitrogens with zero attached hydrogens (tertiary/aromatic N) is 3. The minimum Gasteiger partial charge on any atom is -0.388 e.